The molecule has 0 atom stereocenters. The van der Waals surface area contributed by atoms with Gasteiger partial charge in [0.1, 0.15) is 11.5 Å². The van der Waals surface area contributed by atoms with E-state index in [0.717, 1.165) is 84.0 Å². The highest BCUT2D eigenvalue weighted by molar-refractivity contribution is 5.91. The lowest BCUT2D eigenvalue weighted by molar-refractivity contribution is 0.0756. The lowest BCUT2D eigenvalue weighted by Gasteiger charge is -2.35. The number of carbonyl (C=O) groups is 1. The molecule has 2 aliphatic heterocycles. The maximum absolute atomic E-state index is 12.7. The fourth-order valence-corrected chi connectivity index (χ4v) is 4.18. The summed E-state index contributed by atoms with van der Waals surface area (Å²) >= 11 is 0. The standard InChI is InChI=1S/C21H37N7O/c1-26(17-18-5-8-23-9-6-18)21(29)19-15-25-20(16-24-19)28-13-11-27(12-14-28)10-4-2-3-7-22/h15-16,18,23H,2-14,17,22H2,1H3. The van der Waals surface area contributed by atoms with E-state index in [9.17, 15) is 4.79 Å². The molecule has 29 heavy (non-hydrogen) atoms. The molecule has 0 aromatic carbocycles. The smallest absolute Gasteiger partial charge is 0.273 e. The number of carbonyl (C=O) groups excluding carboxylic acids is 1. The van der Waals surface area contributed by atoms with Gasteiger partial charge in [-0.2, -0.15) is 0 Å². The van der Waals surface area contributed by atoms with Gasteiger partial charge in [-0.3, -0.25) is 9.69 Å². The molecule has 8 nitrogen and oxygen atoms in total. The summed E-state index contributed by atoms with van der Waals surface area (Å²) in [6.45, 7) is 8.81. The highest BCUT2D eigenvalue weighted by Crippen LogP contribution is 2.16. The monoisotopic (exact) mass is 403 g/mol. The molecule has 3 rings (SSSR count). The minimum Gasteiger partial charge on any atom is -0.353 e. The van der Waals surface area contributed by atoms with Gasteiger partial charge in [-0.15, -0.1) is 0 Å². The molecule has 3 N–H and O–H groups in total. The Hall–Kier alpha value is -1.77. The second-order valence-corrected chi connectivity index (χ2v) is 8.32. The van der Waals surface area contributed by atoms with Crippen LogP contribution in [0.4, 0.5) is 5.82 Å². The zero-order valence-corrected chi connectivity index (χ0v) is 17.9. The number of piperidine rings is 1. The van der Waals surface area contributed by atoms with Gasteiger partial charge < -0.3 is 20.9 Å². The summed E-state index contributed by atoms with van der Waals surface area (Å²) in [5.41, 5.74) is 5.99. The van der Waals surface area contributed by atoms with E-state index in [4.69, 9.17) is 5.73 Å². The second-order valence-electron chi connectivity index (χ2n) is 8.32. The Bertz CT molecular complexity index is 610. The van der Waals surface area contributed by atoms with Crippen molar-refractivity contribution in [3.05, 3.63) is 18.1 Å². The van der Waals surface area contributed by atoms with Gasteiger partial charge >= 0.3 is 0 Å². The van der Waals surface area contributed by atoms with Crippen LogP contribution in [0.2, 0.25) is 0 Å². The topological polar surface area (TPSA) is 90.6 Å². The Morgan fingerprint density at radius 1 is 1.14 bits per heavy atom. The van der Waals surface area contributed by atoms with Crippen LogP contribution in [0.3, 0.4) is 0 Å². The van der Waals surface area contributed by atoms with Crippen molar-refractivity contribution in [2.75, 3.05) is 70.9 Å². The molecule has 162 valence electrons. The highest BCUT2D eigenvalue weighted by Gasteiger charge is 2.21. The van der Waals surface area contributed by atoms with E-state index < -0.39 is 0 Å². The number of hydrogen-bond donors (Lipinski definition) is 2. The summed E-state index contributed by atoms with van der Waals surface area (Å²) in [6, 6.07) is 0. The van der Waals surface area contributed by atoms with E-state index in [1.807, 2.05) is 7.05 Å². The van der Waals surface area contributed by atoms with Crippen LogP contribution < -0.4 is 16.0 Å². The molecule has 1 aromatic heterocycles. The van der Waals surface area contributed by atoms with Crippen molar-refractivity contribution in [1.29, 1.82) is 0 Å². The van der Waals surface area contributed by atoms with Crippen molar-refractivity contribution in [2.24, 2.45) is 11.7 Å². The molecule has 2 fully saturated rings. The summed E-state index contributed by atoms with van der Waals surface area (Å²) in [7, 11) is 1.87. The molecule has 1 aromatic rings. The summed E-state index contributed by atoms with van der Waals surface area (Å²) < 4.78 is 0. The quantitative estimate of drug-likeness (QED) is 0.589. The number of anilines is 1. The SMILES string of the molecule is CN(CC1CCNCC1)C(=O)c1cnc(N2CCN(CCCCCN)CC2)cn1. The van der Waals surface area contributed by atoms with E-state index in [2.05, 4.69) is 25.1 Å². The largest absolute Gasteiger partial charge is 0.353 e. The molecule has 1 amide bonds. The minimum absolute atomic E-state index is 0.0371. The lowest BCUT2D eigenvalue weighted by atomic mass is 9.97. The summed E-state index contributed by atoms with van der Waals surface area (Å²) in [5.74, 6) is 1.40. The van der Waals surface area contributed by atoms with Gasteiger partial charge in [0.25, 0.3) is 5.91 Å². The number of hydrogen-bond acceptors (Lipinski definition) is 7. The third kappa shape index (κ3) is 6.62. The number of nitrogens with one attached hydrogen (secondary N) is 1. The number of nitrogens with two attached hydrogens (primary N) is 1. The molecule has 0 radical (unpaired) electrons. The maximum atomic E-state index is 12.7. The number of piperazine rings is 1. The predicted molar refractivity (Wildman–Crippen MR) is 116 cm³/mol. The van der Waals surface area contributed by atoms with Crippen LogP contribution in [0.25, 0.3) is 0 Å². The molecule has 0 saturated carbocycles. The first-order valence-electron chi connectivity index (χ1n) is 11.1. The number of rotatable bonds is 9. The molecule has 0 spiro atoms. The summed E-state index contributed by atoms with van der Waals surface area (Å²) in [5, 5.41) is 3.37. The van der Waals surface area contributed by atoms with E-state index in [0.29, 0.717) is 11.6 Å². The Labute approximate surface area is 174 Å². The maximum Gasteiger partial charge on any atom is 0.273 e. The van der Waals surface area contributed by atoms with Crippen molar-refractivity contribution >= 4 is 11.7 Å². The van der Waals surface area contributed by atoms with Gasteiger partial charge in [0.05, 0.1) is 12.4 Å². The van der Waals surface area contributed by atoms with Crippen LogP contribution in [0.1, 0.15) is 42.6 Å². The number of amides is 1. The van der Waals surface area contributed by atoms with Gasteiger partial charge in [-0.25, -0.2) is 9.97 Å². The lowest BCUT2D eigenvalue weighted by Crippen LogP contribution is -2.47. The van der Waals surface area contributed by atoms with Gasteiger partial charge in [0.2, 0.25) is 0 Å². The first-order chi connectivity index (χ1) is 14.2. The zero-order chi connectivity index (χ0) is 20.5. The van der Waals surface area contributed by atoms with E-state index in [1.54, 1.807) is 17.3 Å². The first-order valence-corrected chi connectivity index (χ1v) is 11.1. The normalized spacial score (nSPS) is 18.8. The number of aromatic nitrogens is 2. The fraction of sp³-hybridized carbons (Fsp3) is 0.762. The molecule has 3 heterocycles. The Morgan fingerprint density at radius 2 is 1.90 bits per heavy atom. The average Bonchev–Trinajstić information content (AvgIpc) is 2.77. The van der Waals surface area contributed by atoms with E-state index >= 15 is 0 Å². The molecular weight excluding hydrogens is 366 g/mol. The van der Waals surface area contributed by atoms with Crippen molar-refractivity contribution in [1.82, 2.24) is 25.1 Å². The highest BCUT2D eigenvalue weighted by atomic mass is 16.2. The second kappa shape index (κ2) is 11.4. The third-order valence-electron chi connectivity index (χ3n) is 6.07. The van der Waals surface area contributed by atoms with Crippen molar-refractivity contribution in [2.45, 2.75) is 32.1 Å². The van der Waals surface area contributed by atoms with Gasteiger partial charge in [-0.1, -0.05) is 6.42 Å². The Kier molecular flexibility index (Phi) is 8.64. The Morgan fingerprint density at radius 3 is 2.55 bits per heavy atom. The molecule has 8 heteroatoms. The van der Waals surface area contributed by atoms with Crippen LogP contribution in [-0.4, -0.2) is 91.6 Å². The third-order valence-corrected chi connectivity index (χ3v) is 6.07. The van der Waals surface area contributed by atoms with Crippen LogP contribution in [0, 0.1) is 5.92 Å². The number of nitrogens with zero attached hydrogens (tertiary/aromatic N) is 5. The molecule has 2 aliphatic rings. The molecule has 2 saturated heterocycles. The van der Waals surface area contributed by atoms with E-state index in [-0.39, 0.29) is 5.91 Å². The van der Waals surface area contributed by atoms with Crippen LogP contribution >= 0.6 is 0 Å². The predicted octanol–water partition coefficient (Wildman–Crippen LogP) is 0.799. The summed E-state index contributed by atoms with van der Waals surface area (Å²) in [4.78, 5) is 28.2. The van der Waals surface area contributed by atoms with Gasteiger partial charge in [-0.05, 0) is 57.8 Å². The average molecular weight is 404 g/mol. The molecule has 0 bridgehead atoms. The number of unbranched alkanes of at least 4 members (excludes halogenated alkanes) is 2. The molecular formula is C21H37N7O. The van der Waals surface area contributed by atoms with Crippen molar-refractivity contribution < 1.29 is 4.79 Å². The van der Waals surface area contributed by atoms with Crippen LogP contribution in [-0.2, 0) is 0 Å². The Balaban J connectivity index is 1.44. The molecule has 0 aliphatic carbocycles. The van der Waals surface area contributed by atoms with Gasteiger partial charge in [0.15, 0.2) is 0 Å². The summed E-state index contributed by atoms with van der Waals surface area (Å²) in [6.07, 6.45) is 9.19. The zero-order valence-electron chi connectivity index (χ0n) is 17.9. The van der Waals surface area contributed by atoms with Crippen LogP contribution in [0.5, 0.6) is 0 Å². The minimum atomic E-state index is -0.0371. The van der Waals surface area contributed by atoms with Crippen molar-refractivity contribution in [3.8, 4) is 0 Å². The van der Waals surface area contributed by atoms with Crippen molar-refractivity contribution in [3.63, 3.8) is 0 Å². The first kappa shape index (κ1) is 21.9. The van der Waals surface area contributed by atoms with Gasteiger partial charge in [0, 0.05) is 39.8 Å². The molecule has 0 unspecified atom stereocenters. The fourth-order valence-electron chi connectivity index (χ4n) is 4.18. The van der Waals surface area contributed by atoms with Crippen LogP contribution in [0.15, 0.2) is 12.4 Å². The van der Waals surface area contributed by atoms with E-state index in [1.165, 1.54) is 12.8 Å².